The Morgan fingerprint density at radius 1 is 1.73 bits per heavy atom. The van der Waals surface area contributed by atoms with E-state index in [1.165, 1.54) is 19.3 Å². The summed E-state index contributed by atoms with van der Waals surface area (Å²) < 4.78 is 17.1. The molecule has 0 spiro atoms. The van der Waals surface area contributed by atoms with Gasteiger partial charge >= 0.3 is 5.97 Å². The molecule has 3 nitrogen and oxygen atoms in total. The van der Waals surface area contributed by atoms with E-state index in [0.29, 0.717) is 5.56 Å². The highest BCUT2D eigenvalue weighted by atomic mass is 19.1. The van der Waals surface area contributed by atoms with E-state index in [9.17, 15) is 9.18 Å². The van der Waals surface area contributed by atoms with Crippen LogP contribution in [0.25, 0.3) is 6.08 Å². The van der Waals surface area contributed by atoms with Gasteiger partial charge < -0.3 is 4.74 Å². The van der Waals surface area contributed by atoms with E-state index in [4.69, 9.17) is 5.26 Å². The highest BCUT2D eigenvalue weighted by Gasteiger charge is 2.01. The number of hydrogen-bond donors (Lipinski definition) is 0. The maximum absolute atomic E-state index is 12.7. The lowest BCUT2D eigenvalue weighted by Gasteiger charge is -1.96. The Morgan fingerprint density at radius 3 is 3.07 bits per heavy atom. The number of halogens is 1. The van der Waals surface area contributed by atoms with Gasteiger partial charge in [-0.05, 0) is 23.8 Å². The van der Waals surface area contributed by atoms with E-state index in [-0.39, 0.29) is 5.56 Å². The quantitative estimate of drug-likeness (QED) is 0.544. The van der Waals surface area contributed by atoms with Crippen LogP contribution in [-0.4, -0.2) is 13.1 Å². The zero-order chi connectivity index (χ0) is 11.3. The van der Waals surface area contributed by atoms with Crippen molar-refractivity contribution in [3.05, 3.63) is 41.2 Å². The molecule has 0 aliphatic rings. The van der Waals surface area contributed by atoms with Crippen molar-refractivity contribution in [3.8, 4) is 6.07 Å². The Balaban J connectivity index is 3.01. The topological polar surface area (TPSA) is 50.1 Å². The van der Waals surface area contributed by atoms with Crippen LogP contribution >= 0.6 is 0 Å². The van der Waals surface area contributed by atoms with Crippen molar-refractivity contribution in [2.75, 3.05) is 7.11 Å². The van der Waals surface area contributed by atoms with E-state index < -0.39 is 11.8 Å². The number of nitrogens with zero attached hydrogens (tertiary/aromatic N) is 1. The number of hydrogen-bond acceptors (Lipinski definition) is 3. The Labute approximate surface area is 86.4 Å². The van der Waals surface area contributed by atoms with Crippen LogP contribution in [-0.2, 0) is 9.53 Å². The average Bonchev–Trinajstić information content (AvgIpc) is 2.26. The first kappa shape index (κ1) is 10.9. The second kappa shape index (κ2) is 4.91. The van der Waals surface area contributed by atoms with Crippen LogP contribution in [0.1, 0.15) is 11.1 Å². The van der Waals surface area contributed by atoms with Gasteiger partial charge in [0.2, 0.25) is 0 Å². The standard InChI is InChI=1S/C11H7FNO2/c1-15-11(14)5-3-8-2-4-10(12)6-9(8)7-13/h2-3,5-6H,1H3. The predicted octanol–water partition coefficient (Wildman–Crippen LogP) is 1.68. The monoisotopic (exact) mass is 204 g/mol. The summed E-state index contributed by atoms with van der Waals surface area (Å²) in [5.41, 5.74) is 0.565. The van der Waals surface area contributed by atoms with E-state index in [2.05, 4.69) is 10.8 Å². The molecule has 0 N–H and O–H groups in total. The van der Waals surface area contributed by atoms with Crippen molar-refractivity contribution < 1.29 is 13.9 Å². The van der Waals surface area contributed by atoms with E-state index >= 15 is 0 Å². The van der Waals surface area contributed by atoms with E-state index in [0.717, 1.165) is 12.1 Å². The lowest BCUT2D eigenvalue weighted by atomic mass is 10.1. The maximum atomic E-state index is 12.7. The predicted molar refractivity (Wildman–Crippen MR) is 51.0 cm³/mol. The average molecular weight is 204 g/mol. The lowest BCUT2D eigenvalue weighted by molar-refractivity contribution is -0.134. The maximum Gasteiger partial charge on any atom is 0.330 e. The van der Waals surface area contributed by atoms with Crippen LogP contribution < -0.4 is 0 Å². The summed E-state index contributed by atoms with van der Waals surface area (Å²) in [6.07, 6.45) is 2.53. The zero-order valence-corrected chi connectivity index (χ0v) is 7.95. The van der Waals surface area contributed by atoms with Crippen molar-refractivity contribution in [3.63, 3.8) is 0 Å². The fourth-order valence-corrected chi connectivity index (χ4v) is 0.937. The van der Waals surface area contributed by atoms with Crippen molar-refractivity contribution >= 4 is 12.0 Å². The zero-order valence-electron chi connectivity index (χ0n) is 7.95. The van der Waals surface area contributed by atoms with Crippen molar-refractivity contribution in [1.29, 1.82) is 5.26 Å². The second-order valence-electron chi connectivity index (χ2n) is 2.62. The van der Waals surface area contributed by atoms with Crippen molar-refractivity contribution in [1.82, 2.24) is 0 Å². The highest BCUT2D eigenvalue weighted by Crippen LogP contribution is 2.11. The van der Waals surface area contributed by atoms with Crippen molar-refractivity contribution in [2.45, 2.75) is 0 Å². The van der Waals surface area contributed by atoms with Gasteiger partial charge in [-0.25, -0.2) is 9.18 Å². The Hall–Kier alpha value is -2.15. The number of methoxy groups -OCH3 is 1. The fourth-order valence-electron chi connectivity index (χ4n) is 0.937. The van der Waals surface area contributed by atoms with Gasteiger partial charge in [0, 0.05) is 12.1 Å². The molecule has 0 bridgehead atoms. The third-order valence-corrected chi connectivity index (χ3v) is 1.67. The van der Waals surface area contributed by atoms with Crippen LogP contribution in [0.5, 0.6) is 0 Å². The van der Waals surface area contributed by atoms with Gasteiger partial charge in [0.1, 0.15) is 5.82 Å². The molecule has 1 rings (SSSR count). The van der Waals surface area contributed by atoms with Gasteiger partial charge in [0.25, 0.3) is 0 Å². The lowest BCUT2D eigenvalue weighted by Crippen LogP contribution is -1.94. The number of esters is 1. The molecule has 0 unspecified atom stereocenters. The minimum atomic E-state index is -0.609. The smallest absolute Gasteiger partial charge is 0.330 e. The number of rotatable bonds is 2. The molecule has 0 aromatic heterocycles. The molecule has 1 aromatic carbocycles. The van der Waals surface area contributed by atoms with Crippen LogP contribution in [0, 0.1) is 23.2 Å². The summed E-state index contributed by atoms with van der Waals surface area (Å²) >= 11 is 0. The van der Waals surface area contributed by atoms with Crippen LogP contribution in [0.4, 0.5) is 4.39 Å². The highest BCUT2D eigenvalue weighted by molar-refractivity contribution is 5.87. The molecule has 75 valence electrons. The molecule has 0 fully saturated rings. The van der Waals surface area contributed by atoms with E-state index in [1.807, 2.05) is 6.07 Å². The van der Waals surface area contributed by atoms with Gasteiger partial charge in [-0.2, -0.15) is 5.26 Å². The number of carbonyl (C=O) groups excluding carboxylic acids is 1. The molecule has 0 atom stereocenters. The molecule has 0 heterocycles. The summed E-state index contributed by atoms with van der Waals surface area (Å²) in [5, 5.41) is 8.68. The minimum Gasteiger partial charge on any atom is -0.466 e. The molecule has 0 aliphatic heterocycles. The van der Waals surface area contributed by atoms with E-state index in [1.54, 1.807) is 0 Å². The molecular formula is C11H7FNO2. The van der Waals surface area contributed by atoms with Gasteiger partial charge in [-0.1, -0.05) is 0 Å². The third-order valence-electron chi connectivity index (χ3n) is 1.67. The molecule has 1 aromatic rings. The van der Waals surface area contributed by atoms with Crippen LogP contribution in [0.2, 0.25) is 0 Å². The van der Waals surface area contributed by atoms with Crippen LogP contribution in [0.3, 0.4) is 0 Å². The minimum absolute atomic E-state index is 0.145. The normalized spacial score (nSPS) is 9.93. The SMILES string of the molecule is COC(=O)C=Cc1c[c]c(F)cc1C#N. The number of nitriles is 1. The largest absolute Gasteiger partial charge is 0.466 e. The summed E-state index contributed by atoms with van der Waals surface area (Å²) in [6, 6.07) is 6.46. The number of ether oxygens (including phenoxy) is 1. The number of carbonyl (C=O) groups is 1. The Bertz CT molecular complexity index is 446. The molecule has 0 amide bonds. The van der Waals surface area contributed by atoms with Crippen LogP contribution in [0.15, 0.2) is 18.2 Å². The molecule has 1 radical (unpaired) electrons. The molecule has 0 saturated carbocycles. The van der Waals surface area contributed by atoms with Crippen molar-refractivity contribution in [2.24, 2.45) is 0 Å². The van der Waals surface area contributed by atoms with Gasteiger partial charge in [-0.15, -0.1) is 0 Å². The van der Waals surface area contributed by atoms with Gasteiger partial charge in [-0.3, -0.25) is 0 Å². The first-order valence-corrected chi connectivity index (χ1v) is 4.04. The molecule has 4 heteroatoms. The fraction of sp³-hybridized carbons (Fsp3) is 0.0909. The van der Waals surface area contributed by atoms with Gasteiger partial charge in [0.05, 0.1) is 18.7 Å². The molecular weight excluding hydrogens is 197 g/mol. The Morgan fingerprint density at radius 2 is 2.47 bits per heavy atom. The molecule has 0 saturated heterocycles. The molecule has 15 heavy (non-hydrogen) atoms. The third kappa shape index (κ3) is 2.92. The summed E-state index contributed by atoms with van der Waals surface area (Å²) in [6.45, 7) is 0. The molecule has 0 aliphatic carbocycles. The summed E-state index contributed by atoms with van der Waals surface area (Å²) in [5.74, 6) is -1.15. The second-order valence-corrected chi connectivity index (χ2v) is 2.62. The summed E-state index contributed by atoms with van der Waals surface area (Å²) in [4.78, 5) is 10.8. The number of benzene rings is 1. The first-order chi connectivity index (χ1) is 7.17. The Kier molecular flexibility index (Phi) is 3.58. The van der Waals surface area contributed by atoms with Gasteiger partial charge in [0.15, 0.2) is 0 Å². The summed E-state index contributed by atoms with van der Waals surface area (Å²) in [7, 11) is 1.24. The first-order valence-electron chi connectivity index (χ1n) is 4.04.